The van der Waals surface area contributed by atoms with Gasteiger partial charge in [0.05, 0.1) is 5.69 Å². The van der Waals surface area contributed by atoms with Crippen molar-refractivity contribution in [2.24, 2.45) is 5.92 Å². The molecule has 7 nitrogen and oxygen atoms in total. The number of sulfonamides is 1. The van der Waals surface area contributed by atoms with Crippen LogP contribution in [0.3, 0.4) is 0 Å². The van der Waals surface area contributed by atoms with Gasteiger partial charge in [-0.25, -0.2) is 13.1 Å². The van der Waals surface area contributed by atoms with Gasteiger partial charge in [-0.05, 0) is 55.5 Å². The summed E-state index contributed by atoms with van der Waals surface area (Å²) in [5, 5.41) is 0. The zero-order chi connectivity index (χ0) is 24.4. The van der Waals surface area contributed by atoms with Crippen molar-refractivity contribution in [1.82, 2.24) is 14.5 Å². The third-order valence-electron chi connectivity index (χ3n) is 7.13. The van der Waals surface area contributed by atoms with Crippen LogP contribution in [0.5, 0.6) is 0 Å². The van der Waals surface area contributed by atoms with Gasteiger partial charge in [-0.3, -0.25) is 9.69 Å². The first-order valence-electron chi connectivity index (χ1n) is 12.5. The van der Waals surface area contributed by atoms with Crippen molar-refractivity contribution in [3.05, 3.63) is 58.1 Å². The molecule has 188 valence electrons. The predicted octanol–water partition coefficient (Wildman–Crippen LogP) is 3.23. The van der Waals surface area contributed by atoms with Crippen LogP contribution < -0.4 is 9.62 Å². The first kappa shape index (κ1) is 24.9. The largest absolute Gasteiger partial charge is 0.310 e. The maximum atomic E-state index is 13.3. The van der Waals surface area contributed by atoms with E-state index in [2.05, 4.69) is 54.7 Å². The summed E-state index contributed by atoms with van der Waals surface area (Å²) in [5.41, 5.74) is 2.83. The van der Waals surface area contributed by atoms with Gasteiger partial charge in [0.25, 0.3) is 0 Å². The molecule has 9 heteroatoms. The van der Waals surface area contributed by atoms with Crippen LogP contribution in [-0.2, 0) is 27.8 Å². The number of carbonyl (C=O) groups is 1. The fourth-order valence-electron chi connectivity index (χ4n) is 5.04. The van der Waals surface area contributed by atoms with Gasteiger partial charge in [-0.2, -0.15) is 0 Å². The van der Waals surface area contributed by atoms with Gasteiger partial charge < -0.3 is 9.80 Å². The lowest BCUT2D eigenvalue weighted by Crippen LogP contribution is -2.46. The summed E-state index contributed by atoms with van der Waals surface area (Å²) in [6.45, 7) is 6.82. The number of hydrogen-bond acceptors (Lipinski definition) is 5. The third kappa shape index (κ3) is 5.97. The number of nitrogens with zero attached hydrogens (tertiary/aromatic N) is 3. The molecular weight excluding hydrogens is 528 g/mol. The zero-order valence-electron chi connectivity index (χ0n) is 20.0. The van der Waals surface area contributed by atoms with E-state index in [9.17, 15) is 13.2 Å². The monoisotopic (exact) mass is 560 g/mol. The summed E-state index contributed by atoms with van der Waals surface area (Å²) in [4.78, 5) is 19.6. The molecule has 0 bridgehead atoms. The van der Waals surface area contributed by atoms with Gasteiger partial charge in [0.2, 0.25) is 15.9 Å². The van der Waals surface area contributed by atoms with Crippen LogP contribution in [-0.4, -0.2) is 69.9 Å². The topological polar surface area (TPSA) is 73.0 Å². The van der Waals surface area contributed by atoms with Crippen molar-refractivity contribution in [3.8, 4) is 0 Å². The van der Waals surface area contributed by atoms with Crippen molar-refractivity contribution in [2.45, 2.75) is 37.1 Å². The molecule has 2 aliphatic heterocycles. The number of nitrogens with one attached hydrogen (secondary N) is 1. The second-order valence-corrected chi connectivity index (χ2v) is 12.4. The quantitative estimate of drug-likeness (QED) is 0.476. The van der Waals surface area contributed by atoms with E-state index in [0.29, 0.717) is 25.2 Å². The zero-order valence-corrected chi connectivity index (χ0v) is 22.4. The molecule has 5 rings (SSSR count). The van der Waals surface area contributed by atoms with E-state index in [1.54, 1.807) is 11.0 Å². The van der Waals surface area contributed by atoms with E-state index < -0.39 is 10.0 Å². The molecule has 2 heterocycles. The van der Waals surface area contributed by atoms with Gasteiger partial charge in [0, 0.05) is 56.2 Å². The highest BCUT2D eigenvalue weighted by molar-refractivity contribution is 9.10. The van der Waals surface area contributed by atoms with Crippen LogP contribution in [0.15, 0.2) is 51.8 Å². The Labute approximate surface area is 216 Å². The minimum atomic E-state index is -3.73. The normalized spacial score (nSPS) is 19.2. The molecular formula is C26H33BrN4O3S. The van der Waals surface area contributed by atoms with Gasteiger partial charge >= 0.3 is 0 Å². The maximum Gasteiger partial charge on any atom is 0.242 e. The minimum absolute atomic E-state index is 0.0567. The van der Waals surface area contributed by atoms with Crippen molar-refractivity contribution in [3.63, 3.8) is 0 Å². The number of benzene rings is 2. The van der Waals surface area contributed by atoms with Gasteiger partial charge in [-0.1, -0.05) is 46.3 Å². The fourth-order valence-corrected chi connectivity index (χ4v) is 7.05. The number of piperazine rings is 1. The Morgan fingerprint density at radius 1 is 1.00 bits per heavy atom. The highest BCUT2D eigenvalue weighted by Gasteiger charge is 2.39. The molecule has 1 aliphatic carbocycles. The molecule has 0 unspecified atom stereocenters. The Kier molecular flexibility index (Phi) is 7.60. The summed E-state index contributed by atoms with van der Waals surface area (Å²) in [7, 11) is -3.73. The standard InChI is InChI=1S/C26H33BrN4O3S/c27-23-17-22-9-12-31(26(32)21-7-8-21)25(22)24(18-23)35(33,34)28-10-4-11-29-13-15-30(16-14-29)19-20-5-2-1-3-6-20/h1-3,5-6,17-18,21,28H,4,7-16,19H2. The lowest BCUT2D eigenvalue weighted by molar-refractivity contribution is -0.119. The van der Waals surface area contributed by atoms with Crippen LogP contribution in [0.2, 0.25) is 0 Å². The molecule has 0 aromatic heterocycles. The number of amides is 1. The molecule has 1 saturated heterocycles. The maximum absolute atomic E-state index is 13.3. The average molecular weight is 562 g/mol. The molecule has 1 saturated carbocycles. The predicted molar refractivity (Wildman–Crippen MR) is 141 cm³/mol. The second kappa shape index (κ2) is 10.7. The molecule has 35 heavy (non-hydrogen) atoms. The molecule has 1 amide bonds. The summed E-state index contributed by atoms with van der Waals surface area (Å²) in [5.74, 6) is 0.121. The molecule has 2 fully saturated rings. The van der Waals surface area contributed by atoms with Crippen LogP contribution in [0.4, 0.5) is 5.69 Å². The molecule has 2 aromatic carbocycles. The van der Waals surface area contributed by atoms with Crippen LogP contribution >= 0.6 is 15.9 Å². The Morgan fingerprint density at radius 2 is 1.71 bits per heavy atom. The number of anilines is 1. The first-order chi connectivity index (χ1) is 16.9. The lowest BCUT2D eigenvalue weighted by Gasteiger charge is -2.34. The number of fused-ring (bicyclic) bond motifs is 1. The van der Waals surface area contributed by atoms with E-state index in [0.717, 1.165) is 68.6 Å². The van der Waals surface area contributed by atoms with E-state index in [1.807, 2.05) is 12.1 Å². The number of halogens is 1. The summed E-state index contributed by atoms with van der Waals surface area (Å²) < 4.78 is 30.1. The molecule has 0 radical (unpaired) electrons. The Hall–Kier alpha value is -1.78. The smallest absolute Gasteiger partial charge is 0.242 e. The second-order valence-electron chi connectivity index (χ2n) is 9.78. The summed E-state index contributed by atoms with van der Waals surface area (Å²) in [6, 6.07) is 14.1. The SMILES string of the molecule is O=C(C1CC1)N1CCc2cc(Br)cc(S(=O)(=O)NCCCN3CCN(Cc4ccccc4)CC3)c21. The third-order valence-corrected chi connectivity index (χ3v) is 9.06. The first-order valence-corrected chi connectivity index (χ1v) is 14.8. The van der Waals surface area contributed by atoms with E-state index in [4.69, 9.17) is 0 Å². The number of hydrogen-bond donors (Lipinski definition) is 1. The van der Waals surface area contributed by atoms with Crippen molar-refractivity contribution >= 4 is 37.5 Å². The van der Waals surface area contributed by atoms with E-state index in [-0.39, 0.29) is 16.7 Å². The molecule has 0 spiro atoms. The van der Waals surface area contributed by atoms with Gasteiger partial charge in [-0.15, -0.1) is 0 Å². The fraction of sp³-hybridized carbons (Fsp3) is 0.500. The van der Waals surface area contributed by atoms with E-state index in [1.165, 1.54) is 5.56 Å². The number of carbonyl (C=O) groups excluding carboxylic acids is 1. The highest BCUT2D eigenvalue weighted by Crippen LogP contribution is 2.41. The van der Waals surface area contributed by atoms with Crippen molar-refractivity contribution in [2.75, 3.05) is 50.7 Å². The molecule has 0 atom stereocenters. The van der Waals surface area contributed by atoms with Crippen LogP contribution in [0.25, 0.3) is 0 Å². The minimum Gasteiger partial charge on any atom is -0.310 e. The number of rotatable bonds is 9. The Morgan fingerprint density at radius 3 is 2.43 bits per heavy atom. The molecule has 2 aromatic rings. The highest BCUT2D eigenvalue weighted by atomic mass is 79.9. The Balaban J connectivity index is 1.13. The van der Waals surface area contributed by atoms with Gasteiger partial charge in [0.15, 0.2) is 0 Å². The Bertz CT molecular complexity index is 1160. The van der Waals surface area contributed by atoms with E-state index >= 15 is 0 Å². The van der Waals surface area contributed by atoms with Crippen LogP contribution in [0, 0.1) is 5.92 Å². The van der Waals surface area contributed by atoms with Crippen molar-refractivity contribution < 1.29 is 13.2 Å². The lowest BCUT2D eigenvalue weighted by atomic mass is 10.2. The average Bonchev–Trinajstić information content (AvgIpc) is 3.62. The summed E-state index contributed by atoms with van der Waals surface area (Å²) >= 11 is 3.46. The van der Waals surface area contributed by atoms with Crippen molar-refractivity contribution in [1.29, 1.82) is 0 Å². The van der Waals surface area contributed by atoms with Gasteiger partial charge in [0.1, 0.15) is 4.90 Å². The summed E-state index contributed by atoms with van der Waals surface area (Å²) in [6.07, 6.45) is 3.24. The van der Waals surface area contributed by atoms with Crippen LogP contribution in [0.1, 0.15) is 30.4 Å². The molecule has 3 aliphatic rings. The molecule has 1 N–H and O–H groups in total.